The first-order valence-electron chi connectivity index (χ1n) is 9.33. The average molecular weight is 441 g/mol. The number of carbonyl (C=O) groups excluding carboxylic acids is 2. The van der Waals surface area contributed by atoms with Crippen molar-refractivity contribution in [3.05, 3.63) is 52.1 Å². The summed E-state index contributed by atoms with van der Waals surface area (Å²) in [4.78, 5) is 60.0. The molecule has 3 aromatic rings. The Kier molecular flexibility index (Phi) is 6.90. The van der Waals surface area contributed by atoms with Crippen LogP contribution in [0.25, 0.3) is 11.2 Å². The topological polar surface area (TPSA) is 202 Å². The van der Waals surface area contributed by atoms with Crippen molar-refractivity contribution in [3.8, 4) is 0 Å². The molecule has 166 valence electrons. The number of nitrogens with one attached hydrogen (secondary N) is 3. The van der Waals surface area contributed by atoms with Crippen LogP contribution >= 0.6 is 0 Å². The number of hydrogen-bond donors (Lipinski definition) is 5. The van der Waals surface area contributed by atoms with Crippen LogP contribution in [0.4, 0.5) is 11.6 Å². The number of carbonyl (C=O) groups is 3. The van der Waals surface area contributed by atoms with Gasteiger partial charge in [-0.25, -0.2) is 9.97 Å². The second kappa shape index (κ2) is 9.97. The predicted octanol–water partition coefficient (Wildman–Crippen LogP) is 0.00110. The lowest BCUT2D eigenvalue weighted by Crippen LogP contribution is -2.37. The zero-order valence-electron chi connectivity index (χ0n) is 16.6. The van der Waals surface area contributed by atoms with E-state index in [1.54, 1.807) is 12.1 Å². The normalized spacial score (nSPS) is 11.5. The van der Waals surface area contributed by atoms with Crippen LogP contribution in [0.1, 0.15) is 28.9 Å². The Labute approximate surface area is 180 Å². The van der Waals surface area contributed by atoms with Crippen LogP contribution in [-0.4, -0.2) is 49.6 Å². The van der Waals surface area contributed by atoms with E-state index in [-0.39, 0.29) is 48.5 Å². The minimum absolute atomic E-state index is 0.0438. The molecule has 13 heteroatoms. The third-order valence-corrected chi connectivity index (χ3v) is 4.24. The molecule has 2 heterocycles. The van der Waals surface area contributed by atoms with E-state index in [0.29, 0.717) is 11.4 Å². The Morgan fingerprint density at radius 1 is 1.25 bits per heavy atom. The van der Waals surface area contributed by atoms with Gasteiger partial charge < -0.3 is 26.2 Å². The van der Waals surface area contributed by atoms with Crippen molar-refractivity contribution in [2.24, 2.45) is 0 Å². The molecule has 0 aliphatic rings. The molecule has 1 unspecified atom stereocenters. The van der Waals surface area contributed by atoms with E-state index in [2.05, 4.69) is 30.6 Å². The van der Waals surface area contributed by atoms with E-state index in [0.717, 1.165) is 0 Å². The van der Waals surface area contributed by atoms with Crippen LogP contribution in [-0.2, 0) is 20.9 Å². The zero-order valence-corrected chi connectivity index (χ0v) is 16.6. The fourth-order valence-electron chi connectivity index (χ4n) is 2.71. The number of carboxylic acid groups (broad SMARTS) is 1. The van der Waals surface area contributed by atoms with Crippen molar-refractivity contribution in [2.75, 3.05) is 11.1 Å². The number of benzene rings is 1. The van der Waals surface area contributed by atoms with Gasteiger partial charge in [-0.3, -0.25) is 24.2 Å². The molecule has 6 N–H and O–H groups in total. The number of fused-ring (bicyclic) bond motifs is 1. The van der Waals surface area contributed by atoms with Gasteiger partial charge in [0.05, 0.1) is 24.9 Å². The van der Waals surface area contributed by atoms with Gasteiger partial charge in [-0.1, -0.05) is 0 Å². The van der Waals surface area contributed by atoms with Gasteiger partial charge in [-0.15, -0.1) is 0 Å². The van der Waals surface area contributed by atoms with Gasteiger partial charge in [-0.2, -0.15) is 4.98 Å². The van der Waals surface area contributed by atoms with Crippen LogP contribution in [0.5, 0.6) is 0 Å². The molecule has 1 amide bonds. The summed E-state index contributed by atoms with van der Waals surface area (Å²) in [5.41, 5.74) is 6.64. The van der Waals surface area contributed by atoms with E-state index < -0.39 is 23.7 Å². The number of nitrogens with two attached hydrogens (primary N) is 1. The van der Waals surface area contributed by atoms with E-state index in [9.17, 15) is 19.2 Å². The number of hydrogen-bond acceptors (Lipinski definition) is 10. The number of carboxylic acids is 1. The number of nitrogens with zero attached hydrogens (tertiary/aromatic N) is 3. The number of nitrogen functional groups attached to an aromatic ring is 1. The van der Waals surface area contributed by atoms with E-state index in [4.69, 9.17) is 15.6 Å². The third-order valence-electron chi connectivity index (χ3n) is 4.24. The van der Waals surface area contributed by atoms with Crippen LogP contribution in [0.15, 0.2) is 35.3 Å². The van der Waals surface area contributed by atoms with Crippen molar-refractivity contribution in [1.29, 1.82) is 0 Å². The maximum absolute atomic E-state index is 12.3. The largest absolute Gasteiger partial charge is 0.481 e. The molecular formula is C19H19N7O6. The zero-order chi connectivity index (χ0) is 23.1. The highest BCUT2D eigenvalue weighted by atomic mass is 16.5. The van der Waals surface area contributed by atoms with Gasteiger partial charge in [-0.05, 0) is 24.3 Å². The Morgan fingerprint density at radius 3 is 2.69 bits per heavy atom. The van der Waals surface area contributed by atoms with Gasteiger partial charge in [0.1, 0.15) is 0 Å². The lowest BCUT2D eigenvalue weighted by molar-refractivity contribution is -0.141. The summed E-state index contributed by atoms with van der Waals surface area (Å²) in [6.07, 6.45) is 0.0902. The van der Waals surface area contributed by atoms with Gasteiger partial charge in [0.25, 0.3) is 17.9 Å². The summed E-state index contributed by atoms with van der Waals surface area (Å²) < 4.78 is 4.70. The fraction of sp³-hybridized carbons (Fsp3) is 0.211. The maximum Gasteiger partial charge on any atom is 0.303 e. The number of aliphatic carboxylic acids is 1. The predicted molar refractivity (Wildman–Crippen MR) is 111 cm³/mol. The van der Waals surface area contributed by atoms with Crippen molar-refractivity contribution < 1.29 is 24.2 Å². The molecule has 0 spiro atoms. The SMILES string of the molecule is Nc1nc2ncc(CNc3ccc(C(=O)NC(CCC(=O)O)OC=O)cc3)nc2c(=O)[nH]1. The van der Waals surface area contributed by atoms with Crippen molar-refractivity contribution in [3.63, 3.8) is 0 Å². The molecule has 0 saturated heterocycles. The molecular weight excluding hydrogens is 422 g/mol. The summed E-state index contributed by atoms with van der Waals surface area (Å²) in [5.74, 6) is -1.65. The van der Waals surface area contributed by atoms with Crippen molar-refractivity contribution in [2.45, 2.75) is 25.6 Å². The number of anilines is 2. The molecule has 3 rings (SSSR count). The molecule has 1 aromatic carbocycles. The lowest BCUT2D eigenvalue weighted by atomic mass is 10.2. The Balaban J connectivity index is 1.61. The molecule has 2 aromatic heterocycles. The van der Waals surface area contributed by atoms with Gasteiger partial charge in [0.15, 0.2) is 17.4 Å². The number of aromatic nitrogens is 4. The van der Waals surface area contributed by atoms with Gasteiger partial charge in [0.2, 0.25) is 5.95 Å². The number of rotatable bonds is 10. The molecule has 0 bridgehead atoms. The maximum atomic E-state index is 12.3. The Hall–Kier alpha value is -4.55. The first-order valence-corrected chi connectivity index (χ1v) is 9.33. The molecule has 0 fully saturated rings. The standard InChI is InChI=1S/C19H19N7O6/c20-19-25-16-15(18(31)26-19)23-12(8-22-16)7-21-11-3-1-10(2-4-11)17(30)24-13(32-9-27)5-6-14(28)29/h1-4,8-9,13,21H,5-7H2,(H,24,30)(H,28,29)(H3,20,22,25,26,31). The summed E-state index contributed by atoms with van der Waals surface area (Å²) >= 11 is 0. The number of ether oxygens (including phenoxy) is 1. The molecule has 0 radical (unpaired) electrons. The number of H-pyrrole nitrogens is 1. The summed E-state index contributed by atoms with van der Waals surface area (Å²) in [6, 6.07) is 6.36. The average Bonchev–Trinajstić information content (AvgIpc) is 2.76. The molecule has 13 nitrogen and oxygen atoms in total. The van der Waals surface area contributed by atoms with E-state index >= 15 is 0 Å². The second-order valence-corrected chi connectivity index (χ2v) is 6.54. The first kappa shape index (κ1) is 22.1. The third kappa shape index (κ3) is 5.75. The monoisotopic (exact) mass is 441 g/mol. The van der Waals surface area contributed by atoms with Gasteiger partial charge >= 0.3 is 5.97 Å². The molecule has 32 heavy (non-hydrogen) atoms. The highest BCUT2D eigenvalue weighted by Gasteiger charge is 2.16. The number of amides is 1. The summed E-state index contributed by atoms with van der Waals surface area (Å²) in [5, 5.41) is 14.3. The summed E-state index contributed by atoms with van der Waals surface area (Å²) in [7, 11) is 0. The minimum atomic E-state index is -1.07. The summed E-state index contributed by atoms with van der Waals surface area (Å²) in [6.45, 7) is 0.400. The highest BCUT2D eigenvalue weighted by molar-refractivity contribution is 5.94. The molecule has 0 aliphatic heterocycles. The molecule has 0 aliphatic carbocycles. The van der Waals surface area contributed by atoms with Crippen LogP contribution in [0.2, 0.25) is 0 Å². The van der Waals surface area contributed by atoms with E-state index in [1.807, 2.05) is 0 Å². The fourth-order valence-corrected chi connectivity index (χ4v) is 2.71. The molecule has 1 atom stereocenters. The van der Waals surface area contributed by atoms with Gasteiger partial charge in [0, 0.05) is 17.7 Å². The Morgan fingerprint density at radius 2 is 2.00 bits per heavy atom. The molecule has 0 saturated carbocycles. The lowest BCUT2D eigenvalue weighted by Gasteiger charge is -2.16. The van der Waals surface area contributed by atoms with Crippen LogP contribution in [0, 0.1) is 0 Å². The second-order valence-electron chi connectivity index (χ2n) is 6.54. The minimum Gasteiger partial charge on any atom is -0.481 e. The van der Waals surface area contributed by atoms with Crippen LogP contribution in [0.3, 0.4) is 0 Å². The van der Waals surface area contributed by atoms with Crippen molar-refractivity contribution in [1.82, 2.24) is 25.3 Å². The Bertz CT molecular complexity index is 1190. The smallest absolute Gasteiger partial charge is 0.303 e. The first-order chi connectivity index (χ1) is 15.4. The quantitative estimate of drug-likeness (QED) is 0.209. The van der Waals surface area contributed by atoms with Crippen LogP contribution < -0.4 is 21.9 Å². The van der Waals surface area contributed by atoms with Crippen molar-refractivity contribution >= 4 is 41.1 Å². The number of aromatic amines is 1. The highest BCUT2D eigenvalue weighted by Crippen LogP contribution is 2.12. The van der Waals surface area contributed by atoms with E-state index in [1.165, 1.54) is 18.3 Å².